The Balaban J connectivity index is 1.67. The van der Waals surface area contributed by atoms with Gasteiger partial charge in [-0.3, -0.25) is 0 Å². The molecule has 0 radical (unpaired) electrons. The van der Waals surface area contributed by atoms with Gasteiger partial charge in [0.15, 0.2) is 0 Å². The average molecular weight is 434 g/mol. The minimum Gasteiger partial charge on any atom is -0.497 e. The first-order valence-electron chi connectivity index (χ1n) is 9.74. The molecule has 0 saturated carbocycles. The molecule has 1 N–H and O–H groups in total. The van der Waals surface area contributed by atoms with Crippen molar-refractivity contribution in [2.24, 2.45) is 5.92 Å². The number of hydrogen-bond donors (Lipinski definition) is 1. The molecule has 0 bridgehead atoms. The number of allylic oxidation sites excluding steroid dienone is 1. The van der Waals surface area contributed by atoms with Crippen LogP contribution in [0, 0.1) is 17.2 Å². The summed E-state index contributed by atoms with van der Waals surface area (Å²) in [7, 11) is 1.62. The van der Waals surface area contributed by atoms with Crippen molar-refractivity contribution in [2.45, 2.75) is 13.8 Å². The first-order chi connectivity index (χ1) is 15.0. The van der Waals surface area contributed by atoms with Crippen LogP contribution in [0.4, 0.5) is 5.69 Å². The Morgan fingerprint density at radius 3 is 2.52 bits per heavy atom. The molecule has 1 aromatic heterocycles. The molecule has 0 saturated heterocycles. The van der Waals surface area contributed by atoms with Crippen LogP contribution in [0.3, 0.4) is 0 Å². The number of rotatable bonds is 8. The fourth-order valence-electron chi connectivity index (χ4n) is 2.62. The number of nitrogens with one attached hydrogen (secondary N) is 1. The quantitative estimate of drug-likeness (QED) is 0.367. The third kappa shape index (κ3) is 5.93. The molecule has 1 heterocycles. The van der Waals surface area contributed by atoms with Crippen LogP contribution < -0.4 is 10.1 Å². The molecule has 31 heavy (non-hydrogen) atoms. The van der Waals surface area contributed by atoms with Crippen LogP contribution in [0.5, 0.6) is 5.75 Å². The van der Waals surface area contributed by atoms with Gasteiger partial charge in [-0.25, -0.2) is 9.78 Å². The molecule has 0 fully saturated rings. The summed E-state index contributed by atoms with van der Waals surface area (Å²) in [4.78, 5) is 16.6. The highest BCUT2D eigenvalue weighted by atomic mass is 32.1. The lowest BCUT2D eigenvalue weighted by molar-refractivity contribution is 0.0459. The maximum absolute atomic E-state index is 12.0. The second-order valence-corrected chi connectivity index (χ2v) is 8.01. The molecule has 3 rings (SSSR count). The Bertz CT molecular complexity index is 1090. The second kappa shape index (κ2) is 10.4. The van der Waals surface area contributed by atoms with Crippen molar-refractivity contribution >= 4 is 28.6 Å². The molecular formula is C24H23N3O3S. The number of esters is 1. The van der Waals surface area contributed by atoms with Crippen molar-refractivity contribution in [2.75, 3.05) is 19.0 Å². The predicted octanol–water partition coefficient (Wildman–Crippen LogP) is 5.61. The monoisotopic (exact) mass is 433 g/mol. The summed E-state index contributed by atoms with van der Waals surface area (Å²) < 4.78 is 10.4. The summed E-state index contributed by atoms with van der Waals surface area (Å²) in [6.07, 6.45) is 1.61. The Morgan fingerprint density at radius 1 is 1.19 bits per heavy atom. The largest absolute Gasteiger partial charge is 0.497 e. The number of thiazole rings is 1. The number of carbonyl (C=O) groups excluding carboxylic acids is 1. The zero-order valence-corrected chi connectivity index (χ0v) is 18.4. The summed E-state index contributed by atoms with van der Waals surface area (Å²) >= 11 is 1.40. The van der Waals surface area contributed by atoms with E-state index >= 15 is 0 Å². The maximum atomic E-state index is 12.0. The zero-order chi connectivity index (χ0) is 22.2. The Morgan fingerprint density at radius 2 is 1.90 bits per heavy atom. The van der Waals surface area contributed by atoms with E-state index in [0.29, 0.717) is 22.8 Å². The highest BCUT2D eigenvalue weighted by molar-refractivity contribution is 7.11. The van der Waals surface area contributed by atoms with Crippen molar-refractivity contribution in [1.29, 1.82) is 5.26 Å². The van der Waals surface area contributed by atoms with Crippen LogP contribution in [0.25, 0.3) is 16.8 Å². The van der Waals surface area contributed by atoms with Gasteiger partial charge in [0.2, 0.25) is 0 Å². The highest BCUT2D eigenvalue weighted by Crippen LogP contribution is 2.27. The molecule has 2 aromatic carbocycles. The number of aromatic nitrogens is 1. The van der Waals surface area contributed by atoms with Crippen molar-refractivity contribution in [3.63, 3.8) is 0 Å². The van der Waals surface area contributed by atoms with E-state index in [1.807, 2.05) is 43.5 Å². The number of anilines is 1. The van der Waals surface area contributed by atoms with E-state index in [1.54, 1.807) is 37.6 Å². The third-order valence-electron chi connectivity index (χ3n) is 4.29. The number of hydrogen-bond acceptors (Lipinski definition) is 7. The van der Waals surface area contributed by atoms with Gasteiger partial charge >= 0.3 is 5.97 Å². The second-order valence-electron chi connectivity index (χ2n) is 7.15. The minimum atomic E-state index is -0.345. The van der Waals surface area contributed by atoms with E-state index < -0.39 is 0 Å². The predicted molar refractivity (Wildman–Crippen MR) is 123 cm³/mol. The van der Waals surface area contributed by atoms with E-state index in [1.165, 1.54) is 11.3 Å². The summed E-state index contributed by atoms with van der Waals surface area (Å²) in [6, 6.07) is 16.7. The van der Waals surface area contributed by atoms with E-state index in [2.05, 4.69) is 16.4 Å². The molecule has 158 valence electrons. The summed E-state index contributed by atoms with van der Waals surface area (Å²) in [5, 5.41) is 15.2. The number of nitriles is 1. The minimum absolute atomic E-state index is 0.288. The van der Waals surface area contributed by atoms with Crippen LogP contribution in [0.2, 0.25) is 0 Å². The van der Waals surface area contributed by atoms with E-state index in [4.69, 9.17) is 9.47 Å². The first kappa shape index (κ1) is 22.1. The van der Waals surface area contributed by atoms with Gasteiger partial charge in [-0.15, -0.1) is 11.3 Å². The lowest BCUT2D eigenvalue weighted by atomic mass is 10.2. The van der Waals surface area contributed by atoms with E-state index in [-0.39, 0.29) is 11.9 Å². The Hall–Kier alpha value is -3.63. The van der Waals surface area contributed by atoms with Crippen LogP contribution in [0.1, 0.15) is 29.2 Å². The molecule has 0 atom stereocenters. The molecule has 0 spiro atoms. The third-order valence-corrected chi connectivity index (χ3v) is 5.17. The molecule has 0 amide bonds. The first-order valence-corrected chi connectivity index (χ1v) is 10.6. The topological polar surface area (TPSA) is 84.2 Å². The van der Waals surface area contributed by atoms with Gasteiger partial charge in [0, 0.05) is 22.8 Å². The summed E-state index contributed by atoms with van der Waals surface area (Å²) in [5.41, 5.74) is 3.41. The summed E-state index contributed by atoms with van der Waals surface area (Å²) in [6.45, 7) is 4.36. The molecule has 0 aliphatic carbocycles. The Labute approximate surface area is 185 Å². The molecular weight excluding hydrogens is 410 g/mol. The molecule has 7 heteroatoms. The average Bonchev–Trinajstić information content (AvgIpc) is 3.28. The fourth-order valence-corrected chi connectivity index (χ4v) is 3.41. The number of benzene rings is 2. The van der Waals surface area contributed by atoms with Crippen molar-refractivity contribution in [1.82, 2.24) is 4.98 Å². The Kier molecular flexibility index (Phi) is 7.41. The normalized spacial score (nSPS) is 11.1. The lowest BCUT2D eigenvalue weighted by Crippen LogP contribution is -2.10. The van der Waals surface area contributed by atoms with Gasteiger partial charge in [-0.05, 0) is 54.4 Å². The van der Waals surface area contributed by atoms with Crippen LogP contribution >= 0.6 is 11.3 Å². The molecule has 0 aliphatic rings. The van der Waals surface area contributed by atoms with Crippen LogP contribution in [-0.2, 0) is 4.74 Å². The molecule has 0 unspecified atom stereocenters. The highest BCUT2D eigenvalue weighted by Gasteiger charge is 2.10. The van der Waals surface area contributed by atoms with Crippen molar-refractivity contribution in [3.8, 4) is 23.1 Å². The molecule has 0 aliphatic heterocycles. The van der Waals surface area contributed by atoms with E-state index in [0.717, 1.165) is 22.7 Å². The molecule has 6 nitrogen and oxygen atoms in total. The lowest BCUT2D eigenvalue weighted by Gasteiger charge is -2.07. The van der Waals surface area contributed by atoms with Crippen molar-refractivity contribution < 1.29 is 14.3 Å². The van der Waals surface area contributed by atoms with Gasteiger partial charge in [-0.2, -0.15) is 5.26 Å². The molecule has 3 aromatic rings. The van der Waals surface area contributed by atoms with Crippen molar-refractivity contribution in [3.05, 3.63) is 70.7 Å². The standard InChI is InChI=1S/C24H23N3O3S/c1-16(2)14-30-24(28)18-4-8-20(9-5-18)26-13-19(12-25)23-27-22(15-31-23)17-6-10-21(29-3)11-7-17/h4-11,13,15-16,26H,14H2,1-3H3. The van der Waals surface area contributed by atoms with Gasteiger partial charge in [-0.1, -0.05) is 13.8 Å². The number of carbonyl (C=O) groups is 1. The SMILES string of the molecule is COc1ccc(-c2csc(C(C#N)=CNc3ccc(C(=O)OCC(C)C)cc3)n2)cc1. The van der Waals surface area contributed by atoms with Crippen LogP contribution in [-0.4, -0.2) is 24.7 Å². The zero-order valence-electron chi connectivity index (χ0n) is 17.6. The van der Waals surface area contributed by atoms with E-state index in [9.17, 15) is 10.1 Å². The smallest absolute Gasteiger partial charge is 0.338 e. The fraction of sp³-hybridized carbons (Fsp3) is 0.208. The number of ether oxygens (including phenoxy) is 2. The van der Waals surface area contributed by atoms with Crippen LogP contribution in [0.15, 0.2) is 60.1 Å². The maximum Gasteiger partial charge on any atom is 0.338 e. The summed E-state index contributed by atoms with van der Waals surface area (Å²) in [5.74, 6) is 0.720. The number of nitrogens with zero attached hydrogens (tertiary/aromatic N) is 2. The van der Waals surface area contributed by atoms with Gasteiger partial charge in [0.25, 0.3) is 0 Å². The van der Waals surface area contributed by atoms with Gasteiger partial charge in [0.1, 0.15) is 22.4 Å². The number of methoxy groups -OCH3 is 1. The van der Waals surface area contributed by atoms with Gasteiger partial charge < -0.3 is 14.8 Å². The van der Waals surface area contributed by atoms with Gasteiger partial charge in [0.05, 0.1) is 25.0 Å².